The fourth-order valence-electron chi connectivity index (χ4n) is 2.45. The van der Waals surface area contributed by atoms with Gasteiger partial charge in [0.25, 0.3) is 0 Å². The first-order valence-corrected chi connectivity index (χ1v) is 4.45. The van der Waals surface area contributed by atoms with Crippen LogP contribution in [-0.4, -0.2) is 22.9 Å². The molecule has 2 nitrogen and oxygen atoms in total. The molecule has 2 aliphatic rings. The van der Waals surface area contributed by atoms with Crippen molar-refractivity contribution in [1.29, 1.82) is 0 Å². The number of ketones is 1. The molecule has 2 saturated carbocycles. The molecule has 0 saturated heterocycles. The minimum absolute atomic E-state index is 0.0764. The summed E-state index contributed by atoms with van der Waals surface area (Å²) in [6, 6.07) is 0. The monoisotopic (exact) mass is 174 g/mol. The third-order valence-electron chi connectivity index (χ3n) is 3.07. The summed E-state index contributed by atoms with van der Waals surface area (Å²) in [6.07, 6.45) is 1.39. The summed E-state index contributed by atoms with van der Waals surface area (Å²) < 4.78 is 0. The maximum atomic E-state index is 11.2. The Morgan fingerprint density at radius 2 is 2.36 bits per heavy atom. The van der Waals surface area contributed by atoms with Crippen LogP contribution in [0.15, 0.2) is 0 Å². The number of aliphatic hydroxyl groups is 1. The molecule has 2 rings (SSSR count). The van der Waals surface area contributed by atoms with Crippen molar-refractivity contribution in [2.75, 3.05) is 6.61 Å². The first-order valence-electron chi connectivity index (χ1n) is 4.01. The Morgan fingerprint density at radius 1 is 1.64 bits per heavy atom. The van der Waals surface area contributed by atoms with Gasteiger partial charge in [0, 0.05) is 24.3 Å². The lowest BCUT2D eigenvalue weighted by Gasteiger charge is -2.13. The number of carbonyl (C=O) groups is 1. The topological polar surface area (TPSA) is 37.3 Å². The van der Waals surface area contributed by atoms with Crippen molar-refractivity contribution < 1.29 is 9.90 Å². The Bertz CT molecular complexity index is 193. The van der Waals surface area contributed by atoms with Crippen LogP contribution in [0, 0.1) is 17.8 Å². The lowest BCUT2D eigenvalue weighted by Crippen LogP contribution is -2.16. The molecule has 4 atom stereocenters. The number of halogens is 1. The van der Waals surface area contributed by atoms with E-state index in [2.05, 4.69) is 0 Å². The van der Waals surface area contributed by atoms with Crippen LogP contribution in [0.2, 0.25) is 0 Å². The predicted octanol–water partition coefficient (Wildman–Crippen LogP) is 0.811. The fourth-order valence-corrected chi connectivity index (χ4v) is 2.92. The van der Waals surface area contributed by atoms with Gasteiger partial charge in [0.1, 0.15) is 5.78 Å². The summed E-state index contributed by atoms with van der Waals surface area (Å²) in [4.78, 5) is 11.2. The Hall–Kier alpha value is -0.0800. The van der Waals surface area contributed by atoms with Gasteiger partial charge in [-0.15, -0.1) is 11.6 Å². The number of hydrogen-bond acceptors (Lipinski definition) is 2. The number of alkyl halides is 1. The van der Waals surface area contributed by atoms with Crippen LogP contribution < -0.4 is 0 Å². The van der Waals surface area contributed by atoms with E-state index in [1.54, 1.807) is 0 Å². The van der Waals surface area contributed by atoms with Gasteiger partial charge < -0.3 is 5.11 Å². The van der Waals surface area contributed by atoms with E-state index in [9.17, 15) is 4.79 Å². The van der Waals surface area contributed by atoms with Gasteiger partial charge in [-0.3, -0.25) is 4.79 Å². The zero-order valence-electron chi connectivity index (χ0n) is 6.16. The van der Waals surface area contributed by atoms with Crippen molar-refractivity contribution in [2.24, 2.45) is 17.8 Å². The number of hydrogen-bond donors (Lipinski definition) is 1. The summed E-state index contributed by atoms with van der Waals surface area (Å²) in [6.45, 7) is 0.129. The number of Topliss-reactive ketones (excluding diaryl/α,β-unsaturated/α-hetero) is 1. The van der Waals surface area contributed by atoms with Gasteiger partial charge in [-0.2, -0.15) is 0 Å². The highest BCUT2D eigenvalue weighted by atomic mass is 35.5. The summed E-state index contributed by atoms with van der Waals surface area (Å²) in [5, 5.41) is 9.11. The average molecular weight is 175 g/mol. The van der Waals surface area contributed by atoms with Gasteiger partial charge in [0.05, 0.1) is 0 Å². The van der Waals surface area contributed by atoms with Gasteiger partial charge in [-0.1, -0.05) is 0 Å². The quantitative estimate of drug-likeness (QED) is 0.598. The molecule has 11 heavy (non-hydrogen) atoms. The maximum Gasteiger partial charge on any atom is 0.136 e. The van der Waals surface area contributed by atoms with E-state index in [0.29, 0.717) is 12.2 Å². The molecular formula is C8H11ClO2. The largest absolute Gasteiger partial charge is 0.396 e. The molecule has 0 aromatic carbocycles. The molecule has 0 spiro atoms. The molecule has 2 bridgehead atoms. The second-order valence-corrected chi connectivity index (χ2v) is 4.10. The van der Waals surface area contributed by atoms with Gasteiger partial charge in [0.15, 0.2) is 0 Å². The third kappa shape index (κ3) is 0.926. The molecule has 0 aromatic rings. The van der Waals surface area contributed by atoms with E-state index in [0.717, 1.165) is 6.42 Å². The second kappa shape index (κ2) is 2.46. The van der Waals surface area contributed by atoms with E-state index in [4.69, 9.17) is 16.7 Å². The zero-order valence-corrected chi connectivity index (χ0v) is 6.92. The fraction of sp³-hybridized carbons (Fsp3) is 0.875. The summed E-state index contributed by atoms with van der Waals surface area (Å²) >= 11 is 5.98. The average Bonchev–Trinajstić information content (AvgIpc) is 2.42. The van der Waals surface area contributed by atoms with Crippen LogP contribution in [-0.2, 0) is 4.79 Å². The van der Waals surface area contributed by atoms with E-state index in [-0.39, 0.29) is 29.7 Å². The minimum atomic E-state index is 0.0764. The number of fused-ring (bicyclic) bond motifs is 2. The van der Waals surface area contributed by atoms with Crippen LogP contribution >= 0.6 is 11.6 Å². The van der Waals surface area contributed by atoms with E-state index < -0.39 is 0 Å². The Labute approximate surface area is 70.5 Å². The van der Waals surface area contributed by atoms with Crippen LogP contribution in [0.25, 0.3) is 0 Å². The van der Waals surface area contributed by atoms with Crippen molar-refractivity contribution >= 4 is 17.4 Å². The molecule has 2 aliphatic carbocycles. The molecule has 0 amide bonds. The Balaban J connectivity index is 2.20. The summed E-state index contributed by atoms with van der Waals surface area (Å²) in [5.41, 5.74) is 0. The van der Waals surface area contributed by atoms with Crippen LogP contribution in [0.4, 0.5) is 0 Å². The number of rotatable bonds is 1. The van der Waals surface area contributed by atoms with Gasteiger partial charge >= 0.3 is 0 Å². The predicted molar refractivity (Wildman–Crippen MR) is 41.4 cm³/mol. The molecule has 0 heterocycles. The Kier molecular flexibility index (Phi) is 1.69. The minimum Gasteiger partial charge on any atom is -0.396 e. The lowest BCUT2D eigenvalue weighted by molar-refractivity contribution is -0.122. The molecule has 3 heteroatoms. The molecule has 2 fully saturated rings. The number of carbonyl (C=O) groups excluding carboxylic acids is 1. The molecule has 0 unspecified atom stereocenters. The highest BCUT2D eigenvalue weighted by Crippen LogP contribution is 2.49. The van der Waals surface area contributed by atoms with Gasteiger partial charge in [0.2, 0.25) is 0 Å². The molecule has 0 aromatic heterocycles. The van der Waals surface area contributed by atoms with Crippen LogP contribution in [0.3, 0.4) is 0 Å². The highest BCUT2D eigenvalue weighted by Gasteiger charge is 2.51. The first kappa shape index (κ1) is 7.56. The highest BCUT2D eigenvalue weighted by molar-refractivity contribution is 6.21. The lowest BCUT2D eigenvalue weighted by atomic mass is 9.99. The summed E-state index contributed by atoms with van der Waals surface area (Å²) in [5.74, 6) is 0.822. The molecular weight excluding hydrogens is 164 g/mol. The van der Waals surface area contributed by atoms with E-state index in [1.165, 1.54) is 0 Å². The summed E-state index contributed by atoms with van der Waals surface area (Å²) in [7, 11) is 0. The first-order chi connectivity index (χ1) is 5.24. The molecule has 62 valence electrons. The van der Waals surface area contributed by atoms with Crippen LogP contribution in [0.1, 0.15) is 12.8 Å². The van der Waals surface area contributed by atoms with Crippen molar-refractivity contribution in [3.63, 3.8) is 0 Å². The van der Waals surface area contributed by atoms with Crippen molar-refractivity contribution in [3.05, 3.63) is 0 Å². The van der Waals surface area contributed by atoms with Gasteiger partial charge in [-0.05, 0) is 18.3 Å². The molecule has 0 aliphatic heterocycles. The van der Waals surface area contributed by atoms with E-state index >= 15 is 0 Å². The smallest absolute Gasteiger partial charge is 0.136 e. The van der Waals surface area contributed by atoms with Crippen LogP contribution in [0.5, 0.6) is 0 Å². The van der Waals surface area contributed by atoms with Crippen molar-refractivity contribution in [1.82, 2.24) is 0 Å². The third-order valence-corrected chi connectivity index (χ3v) is 3.57. The zero-order chi connectivity index (χ0) is 8.01. The maximum absolute atomic E-state index is 11.2. The normalized spacial score (nSPS) is 48.7. The van der Waals surface area contributed by atoms with E-state index in [1.807, 2.05) is 0 Å². The standard InChI is InChI=1S/C8H11ClO2/c9-7-1-5-6(3-10)4(7)2-8(5)11/h4-7,10H,1-3H2/t4-,5-,6+,7+/m0/s1. The SMILES string of the molecule is O=C1C[C@H]2[C@@H](CO)[C@@H]1C[C@H]2Cl. The van der Waals surface area contributed by atoms with Crippen molar-refractivity contribution in [2.45, 2.75) is 18.2 Å². The van der Waals surface area contributed by atoms with Gasteiger partial charge in [-0.25, -0.2) is 0 Å². The second-order valence-electron chi connectivity index (χ2n) is 3.54. The number of aliphatic hydroxyl groups excluding tert-OH is 1. The van der Waals surface area contributed by atoms with Crippen molar-refractivity contribution in [3.8, 4) is 0 Å². The molecule has 0 radical (unpaired) electrons. The molecule has 1 N–H and O–H groups in total. The Morgan fingerprint density at radius 3 is 2.73 bits per heavy atom.